The number of para-hydroxylation sites is 2. The summed E-state index contributed by atoms with van der Waals surface area (Å²) < 4.78 is 37.7. The first-order chi connectivity index (χ1) is 16.1. The van der Waals surface area contributed by atoms with Crippen molar-refractivity contribution in [1.29, 1.82) is 0 Å². The van der Waals surface area contributed by atoms with Crippen LogP contribution >= 0.6 is 0 Å². The van der Waals surface area contributed by atoms with Gasteiger partial charge in [0, 0.05) is 25.7 Å². The second-order valence-electron chi connectivity index (χ2n) is 9.92. The topological polar surface area (TPSA) is 84.5 Å². The number of carbonyl (C=O) groups is 1. The predicted molar refractivity (Wildman–Crippen MR) is 118 cm³/mol. The van der Waals surface area contributed by atoms with Crippen LogP contribution in [0.25, 0.3) is 0 Å². The van der Waals surface area contributed by atoms with E-state index in [1.807, 2.05) is 18.2 Å². The Kier molecular flexibility index (Phi) is 5.62. The molecule has 1 aromatic carbocycles. The molecule has 3 saturated heterocycles. The highest BCUT2D eigenvalue weighted by Gasteiger charge is 2.65. The normalized spacial score (nSPS) is 36.3. The highest BCUT2D eigenvalue weighted by molar-refractivity contribution is 5.96. The molecule has 0 radical (unpaired) electrons. The fourth-order valence-electron chi connectivity index (χ4n) is 6.12. The Bertz CT molecular complexity index is 879. The first kappa shape index (κ1) is 21.8. The summed E-state index contributed by atoms with van der Waals surface area (Å²) in [5, 5.41) is 2.97. The van der Waals surface area contributed by atoms with Gasteiger partial charge in [0.15, 0.2) is 24.0 Å². The molecule has 8 heteroatoms. The largest absolute Gasteiger partial charge is 0.495 e. The Hall–Kier alpha value is -1.71. The number of amides is 1. The first-order valence-corrected chi connectivity index (χ1v) is 12.4. The molecule has 0 bridgehead atoms. The van der Waals surface area contributed by atoms with Gasteiger partial charge < -0.3 is 33.7 Å². The highest BCUT2D eigenvalue weighted by Crippen LogP contribution is 2.51. The van der Waals surface area contributed by atoms with Crippen molar-refractivity contribution >= 4 is 11.6 Å². The molecule has 5 atom stereocenters. The van der Waals surface area contributed by atoms with Gasteiger partial charge in [0.2, 0.25) is 0 Å². The second kappa shape index (κ2) is 8.50. The van der Waals surface area contributed by atoms with Crippen LogP contribution in [0.15, 0.2) is 24.3 Å². The minimum atomic E-state index is -0.871. The van der Waals surface area contributed by atoms with Gasteiger partial charge >= 0.3 is 0 Å². The Morgan fingerprint density at radius 1 is 0.848 bits per heavy atom. The Morgan fingerprint density at radius 3 is 2.15 bits per heavy atom. The molecule has 0 aromatic heterocycles. The van der Waals surface area contributed by atoms with Gasteiger partial charge in [-0.05, 0) is 37.8 Å². The molecule has 1 aromatic rings. The summed E-state index contributed by atoms with van der Waals surface area (Å²) in [6, 6.07) is 7.33. The van der Waals surface area contributed by atoms with Crippen molar-refractivity contribution in [1.82, 2.24) is 0 Å². The van der Waals surface area contributed by atoms with E-state index in [2.05, 4.69) is 5.32 Å². The molecule has 1 amide bonds. The van der Waals surface area contributed by atoms with E-state index in [1.54, 1.807) is 13.2 Å². The summed E-state index contributed by atoms with van der Waals surface area (Å²) in [6.07, 6.45) is 7.02. The molecule has 0 unspecified atom stereocenters. The maximum atomic E-state index is 13.5. The van der Waals surface area contributed by atoms with Crippen LogP contribution in [0, 0.1) is 0 Å². The Labute approximate surface area is 194 Å². The lowest BCUT2D eigenvalue weighted by Crippen LogP contribution is -2.58. The number of nitrogens with one attached hydrogen (secondary N) is 1. The van der Waals surface area contributed by atoms with E-state index < -0.39 is 42.3 Å². The molecule has 180 valence electrons. The molecule has 2 spiro atoms. The van der Waals surface area contributed by atoms with Gasteiger partial charge in [0.1, 0.15) is 24.1 Å². The van der Waals surface area contributed by atoms with E-state index in [-0.39, 0.29) is 5.91 Å². The lowest BCUT2D eigenvalue weighted by atomic mass is 9.94. The highest BCUT2D eigenvalue weighted by atomic mass is 16.9. The minimum Gasteiger partial charge on any atom is -0.495 e. The number of benzene rings is 1. The van der Waals surface area contributed by atoms with E-state index in [4.69, 9.17) is 28.4 Å². The zero-order chi connectivity index (χ0) is 22.5. The molecule has 8 nitrogen and oxygen atoms in total. The standard InChI is InChI=1S/C25H33NO7/c1-28-17-11-5-4-10-16(17)26-22(27)20-18-19(31-24(30-18)12-6-2-7-13-24)21-23(29-20)33-25(32-21)14-8-3-9-15-25/h4-5,10-11,18-21,23H,2-3,6-9,12-15H2,1H3,(H,26,27)/t18-,19+,20+,21+,23+/m0/s1. The summed E-state index contributed by atoms with van der Waals surface area (Å²) in [6.45, 7) is 0. The molecule has 5 aliphatic rings. The van der Waals surface area contributed by atoms with Gasteiger partial charge in [0.25, 0.3) is 5.91 Å². The molecule has 3 aliphatic heterocycles. The first-order valence-electron chi connectivity index (χ1n) is 12.4. The van der Waals surface area contributed by atoms with Crippen molar-refractivity contribution in [3.05, 3.63) is 24.3 Å². The number of methoxy groups -OCH3 is 1. The molecule has 5 fully saturated rings. The van der Waals surface area contributed by atoms with Crippen LogP contribution in [-0.4, -0.2) is 55.3 Å². The number of hydrogen-bond acceptors (Lipinski definition) is 7. The van der Waals surface area contributed by atoms with Gasteiger partial charge in [0.05, 0.1) is 12.8 Å². The van der Waals surface area contributed by atoms with Gasteiger partial charge in [-0.3, -0.25) is 4.79 Å². The Balaban J connectivity index is 1.28. The smallest absolute Gasteiger partial charge is 0.256 e. The third-order valence-electron chi connectivity index (χ3n) is 7.73. The molecule has 6 rings (SSSR count). The molecule has 1 N–H and O–H groups in total. The third-order valence-corrected chi connectivity index (χ3v) is 7.73. The third kappa shape index (κ3) is 3.86. The van der Waals surface area contributed by atoms with E-state index in [0.717, 1.165) is 51.4 Å². The van der Waals surface area contributed by atoms with E-state index in [9.17, 15) is 4.79 Å². The minimum absolute atomic E-state index is 0.294. The zero-order valence-electron chi connectivity index (χ0n) is 19.1. The summed E-state index contributed by atoms with van der Waals surface area (Å²) >= 11 is 0. The average molecular weight is 460 g/mol. The van der Waals surface area contributed by atoms with Crippen molar-refractivity contribution in [2.45, 2.75) is 106 Å². The van der Waals surface area contributed by atoms with Crippen molar-refractivity contribution in [3.8, 4) is 5.75 Å². The quantitative estimate of drug-likeness (QED) is 0.734. The summed E-state index contributed by atoms with van der Waals surface area (Å²) in [4.78, 5) is 13.5. The SMILES string of the molecule is COc1ccccc1NC(=O)[C@@H]1O[C@@H]2OC3(CCCCC3)O[C@@H]2[C@@H]2OC3(CCCCC3)O[C@@H]21. The van der Waals surface area contributed by atoms with E-state index in [1.165, 1.54) is 12.8 Å². The van der Waals surface area contributed by atoms with Crippen LogP contribution in [0.4, 0.5) is 5.69 Å². The molecular formula is C25H33NO7. The van der Waals surface area contributed by atoms with Crippen molar-refractivity contribution in [3.63, 3.8) is 0 Å². The summed E-state index contributed by atoms with van der Waals surface area (Å²) in [7, 11) is 1.58. The predicted octanol–water partition coefficient (Wildman–Crippen LogP) is 3.88. The van der Waals surface area contributed by atoms with Gasteiger partial charge in [-0.15, -0.1) is 0 Å². The van der Waals surface area contributed by atoms with Crippen LogP contribution < -0.4 is 10.1 Å². The van der Waals surface area contributed by atoms with Gasteiger partial charge in [-0.2, -0.15) is 0 Å². The van der Waals surface area contributed by atoms with Gasteiger partial charge in [-0.1, -0.05) is 25.0 Å². The number of anilines is 1. The summed E-state index contributed by atoms with van der Waals surface area (Å²) in [5.74, 6) is -1.01. The molecule has 2 aliphatic carbocycles. The number of carbonyl (C=O) groups excluding carboxylic acids is 1. The maximum Gasteiger partial charge on any atom is 0.256 e. The van der Waals surface area contributed by atoms with E-state index >= 15 is 0 Å². The van der Waals surface area contributed by atoms with Crippen molar-refractivity contribution in [2.24, 2.45) is 0 Å². The van der Waals surface area contributed by atoms with Crippen LogP contribution in [0.1, 0.15) is 64.2 Å². The van der Waals surface area contributed by atoms with Crippen molar-refractivity contribution in [2.75, 3.05) is 12.4 Å². The lowest BCUT2D eigenvalue weighted by molar-refractivity contribution is -0.246. The second-order valence-corrected chi connectivity index (χ2v) is 9.92. The number of ether oxygens (including phenoxy) is 6. The van der Waals surface area contributed by atoms with Crippen LogP contribution in [0.5, 0.6) is 5.75 Å². The van der Waals surface area contributed by atoms with Crippen molar-refractivity contribution < 1.29 is 33.2 Å². The maximum absolute atomic E-state index is 13.5. The van der Waals surface area contributed by atoms with E-state index in [0.29, 0.717) is 11.4 Å². The molecule has 33 heavy (non-hydrogen) atoms. The molecule has 2 saturated carbocycles. The van der Waals surface area contributed by atoms with Crippen LogP contribution in [0.3, 0.4) is 0 Å². The number of fused-ring (bicyclic) bond motifs is 3. The van der Waals surface area contributed by atoms with Gasteiger partial charge in [-0.25, -0.2) is 0 Å². The zero-order valence-corrected chi connectivity index (χ0v) is 19.1. The average Bonchev–Trinajstić information content (AvgIpc) is 3.37. The molecule has 3 heterocycles. The number of hydrogen-bond donors (Lipinski definition) is 1. The summed E-state index contributed by atoms with van der Waals surface area (Å²) in [5.41, 5.74) is 0.589. The van der Waals surface area contributed by atoms with Crippen LogP contribution in [-0.2, 0) is 28.5 Å². The van der Waals surface area contributed by atoms with Crippen LogP contribution in [0.2, 0.25) is 0 Å². The Morgan fingerprint density at radius 2 is 1.45 bits per heavy atom. The molecular weight excluding hydrogens is 426 g/mol. The lowest BCUT2D eigenvalue weighted by Gasteiger charge is -2.36. The fourth-order valence-corrected chi connectivity index (χ4v) is 6.12. The fraction of sp³-hybridized carbons (Fsp3) is 0.720. The monoisotopic (exact) mass is 459 g/mol. The number of rotatable bonds is 3.